The quantitative estimate of drug-likeness (QED) is 0.199. The van der Waals surface area contributed by atoms with E-state index in [1.54, 1.807) is 19.1 Å². The van der Waals surface area contributed by atoms with E-state index in [2.05, 4.69) is 4.98 Å². The van der Waals surface area contributed by atoms with Gasteiger partial charge in [0.2, 0.25) is 13.2 Å². The molecule has 1 heterocycles. The molecule has 1 aromatic carbocycles. The molecule has 2 aromatic rings. The van der Waals surface area contributed by atoms with Crippen molar-refractivity contribution in [2.45, 2.75) is 26.3 Å². The van der Waals surface area contributed by atoms with Crippen LogP contribution in [0.5, 0.6) is 5.75 Å². The molecule has 1 aromatic heterocycles. The van der Waals surface area contributed by atoms with Crippen molar-refractivity contribution in [1.82, 2.24) is 10.0 Å². The third kappa shape index (κ3) is 4.52. The second kappa shape index (κ2) is 9.60. The van der Waals surface area contributed by atoms with Gasteiger partial charge in [-0.25, -0.2) is 14.7 Å². The molecule has 0 aliphatic rings. The number of carbonyl (C=O) groups excluding carboxylic acids is 2. The molecular formula is C18H21N3O7. The lowest BCUT2D eigenvalue weighted by atomic mass is 9.99. The van der Waals surface area contributed by atoms with Gasteiger partial charge in [-0.15, -0.1) is 0 Å². The average Bonchev–Trinajstić information content (AvgIpc) is 2.71. The van der Waals surface area contributed by atoms with Gasteiger partial charge in [0.1, 0.15) is 11.3 Å². The van der Waals surface area contributed by atoms with Crippen molar-refractivity contribution in [3.63, 3.8) is 0 Å². The van der Waals surface area contributed by atoms with Crippen molar-refractivity contribution in [2.75, 3.05) is 13.9 Å². The standard InChI is InChI=1S/C18H21N3O7/c1-4-12(2)17(18(23)26-3)20(10-22)28-11-27-15-8-7-14(21(24)25)13-6-5-9-19-16(13)15/h5-10,12,17H,4,11H2,1-3H3. The number of fused-ring (bicyclic) bond motifs is 1. The number of amides is 1. The lowest BCUT2D eigenvalue weighted by molar-refractivity contribution is -0.383. The van der Waals surface area contributed by atoms with Crippen LogP contribution < -0.4 is 4.74 Å². The number of esters is 1. The molecule has 0 fully saturated rings. The maximum atomic E-state index is 12.0. The first-order valence-corrected chi connectivity index (χ1v) is 8.53. The van der Waals surface area contributed by atoms with Crippen LogP contribution >= 0.6 is 0 Å². The van der Waals surface area contributed by atoms with Gasteiger partial charge in [0.25, 0.3) is 5.69 Å². The predicted octanol–water partition coefficient (Wildman–Crippen LogP) is 2.46. The molecule has 28 heavy (non-hydrogen) atoms. The minimum atomic E-state index is -0.928. The van der Waals surface area contributed by atoms with E-state index in [0.29, 0.717) is 18.2 Å². The number of methoxy groups -OCH3 is 1. The maximum absolute atomic E-state index is 12.0. The molecule has 10 heteroatoms. The van der Waals surface area contributed by atoms with Crippen LogP contribution in [0.2, 0.25) is 0 Å². The number of nitrogens with zero attached hydrogens (tertiary/aromatic N) is 3. The van der Waals surface area contributed by atoms with Gasteiger partial charge in [0.15, 0.2) is 6.04 Å². The Morgan fingerprint density at radius 2 is 2.14 bits per heavy atom. The third-order valence-electron chi connectivity index (χ3n) is 4.33. The van der Waals surface area contributed by atoms with Crippen LogP contribution in [-0.2, 0) is 19.2 Å². The van der Waals surface area contributed by atoms with E-state index in [-0.39, 0.29) is 22.9 Å². The molecular weight excluding hydrogens is 370 g/mol. The van der Waals surface area contributed by atoms with Gasteiger partial charge < -0.3 is 9.47 Å². The highest BCUT2D eigenvalue weighted by Gasteiger charge is 2.32. The summed E-state index contributed by atoms with van der Waals surface area (Å²) in [6.45, 7) is 3.25. The van der Waals surface area contributed by atoms with E-state index in [9.17, 15) is 19.7 Å². The molecule has 10 nitrogen and oxygen atoms in total. The summed E-state index contributed by atoms with van der Waals surface area (Å²) >= 11 is 0. The molecule has 2 unspecified atom stereocenters. The summed E-state index contributed by atoms with van der Waals surface area (Å²) in [4.78, 5) is 43.5. The van der Waals surface area contributed by atoms with Crippen molar-refractivity contribution >= 4 is 29.0 Å². The van der Waals surface area contributed by atoms with Crippen LogP contribution in [0.1, 0.15) is 20.3 Å². The molecule has 2 atom stereocenters. The Morgan fingerprint density at radius 3 is 2.75 bits per heavy atom. The number of carbonyl (C=O) groups is 2. The Labute approximate surface area is 161 Å². The Bertz CT molecular complexity index is 858. The largest absolute Gasteiger partial charge is 0.467 e. The van der Waals surface area contributed by atoms with E-state index in [1.165, 1.54) is 25.4 Å². The molecule has 150 valence electrons. The molecule has 0 saturated carbocycles. The first-order chi connectivity index (χ1) is 13.4. The summed E-state index contributed by atoms with van der Waals surface area (Å²) in [6, 6.07) is 4.91. The van der Waals surface area contributed by atoms with Crippen LogP contribution in [-0.4, -0.2) is 47.3 Å². The second-order valence-corrected chi connectivity index (χ2v) is 5.95. The molecule has 0 spiro atoms. The number of pyridine rings is 1. The normalized spacial score (nSPS) is 12.8. The van der Waals surface area contributed by atoms with Gasteiger partial charge in [-0.05, 0) is 24.1 Å². The Hall–Kier alpha value is -3.27. The van der Waals surface area contributed by atoms with Crippen LogP contribution in [0.3, 0.4) is 0 Å². The number of nitro groups is 1. The van der Waals surface area contributed by atoms with Crippen LogP contribution in [0.4, 0.5) is 5.69 Å². The minimum absolute atomic E-state index is 0.103. The van der Waals surface area contributed by atoms with Crippen molar-refractivity contribution in [3.8, 4) is 5.75 Å². The summed E-state index contributed by atoms with van der Waals surface area (Å²) in [5.74, 6) is -0.575. The maximum Gasteiger partial charge on any atom is 0.331 e. The summed E-state index contributed by atoms with van der Waals surface area (Å²) in [6.07, 6.45) is 2.47. The van der Waals surface area contributed by atoms with Crippen molar-refractivity contribution < 1.29 is 28.8 Å². The van der Waals surface area contributed by atoms with Gasteiger partial charge >= 0.3 is 5.97 Å². The fourth-order valence-corrected chi connectivity index (χ4v) is 2.67. The summed E-state index contributed by atoms with van der Waals surface area (Å²) < 4.78 is 10.2. The number of ether oxygens (including phenoxy) is 2. The van der Waals surface area contributed by atoms with E-state index in [4.69, 9.17) is 14.3 Å². The Morgan fingerprint density at radius 1 is 1.39 bits per heavy atom. The molecule has 0 aliphatic heterocycles. The van der Waals surface area contributed by atoms with E-state index >= 15 is 0 Å². The zero-order valence-electron chi connectivity index (χ0n) is 15.7. The molecule has 1 amide bonds. The smallest absolute Gasteiger partial charge is 0.331 e. The second-order valence-electron chi connectivity index (χ2n) is 5.95. The SMILES string of the molecule is CCC(C)C(C(=O)OC)N(C=O)OCOc1ccc([N+](=O)[O-])c2cccnc12. The number of nitro benzene ring substituents is 1. The summed E-state index contributed by atoms with van der Waals surface area (Å²) in [5, 5.41) is 12.3. The van der Waals surface area contributed by atoms with Gasteiger partial charge in [-0.2, -0.15) is 0 Å². The Balaban J connectivity index is 2.17. The molecule has 0 radical (unpaired) electrons. The number of rotatable bonds is 10. The number of aromatic nitrogens is 1. The van der Waals surface area contributed by atoms with Crippen LogP contribution in [0.15, 0.2) is 30.5 Å². The fourth-order valence-electron chi connectivity index (χ4n) is 2.67. The number of hydrogen-bond donors (Lipinski definition) is 0. The lowest BCUT2D eigenvalue weighted by Gasteiger charge is -2.28. The zero-order valence-corrected chi connectivity index (χ0v) is 15.7. The van der Waals surface area contributed by atoms with Crippen molar-refractivity contribution in [3.05, 3.63) is 40.6 Å². The summed E-state index contributed by atoms with van der Waals surface area (Å²) in [5.41, 5.74) is 0.179. The third-order valence-corrected chi connectivity index (χ3v) is 4.33. The van der Waals surface area contributed by atoms with Crippen molar-refractivity contribution in [1.29, 1.82) is 0 Å². The first-order valence-electron chi connectivity index (χ1n) is 8.53. The molecule has 0 N–H and O–H groups in total. The monoisotopic (exact) mass is 391 g/mol. The number of hydrogen-bond acceptors (Lipinski definition) is 8. The molecule has 0 bridgehead atoms. The zero-order chi connectivity index (χ0) is 20.7. The van der Waals surface area contributed by atoms with Gasteiger partial charge in [0.05, 0.1) is 17.4 Å². The molecule has 0 aliphatic carbocycles. The van der Waals surface area contributed by atoms with Crippen molar-refractivity contribution in [2.24, 2.45) is 5.92 Å². The topological polar surface area (TPSA) is 121 Å². The van der Waals surface area contributed by atoms with Gasteiger partial charge in [-0.3, -0.25) is 19.9 Å². The highest BCUT2D eigenvalue weighted by molar-refractivity contribution is 5.92. The molecule has 0 saturated heterocycles. The van der Waals surface area contributed by atoms with E-state index in [0.717, 1.165) is 5.06 Å². The fraction of sp³-hybridized carbons (Fsp3) is 0.389. The van der Waals surface area contributed by atoms with Crippen LogP contribution in [0.25, 0.3) is 10.9 Å². The Kier molecular flexibility index (Phi) is 7.21. The lowest BCUT2D eigenvalue weighted by Crippen LogP contribution is -2.45. The number of non-ortho nitro benzene ring substituents is 1. The highest BCUT2D eigenvalue weighted by atomic mass is 16.8. The van der Waals surface area contributed by atoms with E-state index in [1.807, 2.05) is 6.92 Å². The van der Waals surface area contributed by atoms with Crippen LogP contribution in [0, 0.1) is 16.0 Å². The highest BCUT2D eigenvalue weighted by Crippen LogP contribution is 2.31. The summed E-state index contributed by atoms with van der Waals surface area (Å²) in [7, 11) is 1.23. The number of hydroxylamine groups is 2. The number of benzene rings is 1. The van der Waals surface area contributed by atoms with Gasteiger partial charge in [0, 0.05) is 12.3 Å². The first kappa shape index (κ1) is 21.0. The predicted molar refractivity (Wildman–Crippen MR) is 98.1 cm³/mol. The van der Waals surface area contributed by atoms with E-state index < -0.39 is 23.7 Å². The average molecular weight is 391 g/mol. The minimum Gasteiger partial charge on any atom is -0.467 e. The van der Waals surface area contributed by atoms with Gasteiger partial charge in [-0.1, -0.05) is 20.3 Å². The molecule has 2 rings (SSSR count).